The second-order valence-electron chi connectivity index (χ2n) is 3.77. The van der Waals surface area contributed by atoms with E-state index in [1.54, 1.807) is 11.3 Å². The van der Waals surface area contributed by atoms with Crippen LogP contribution in [-0.4, -0.2) is 24.9 Å². The first kappa shape index (κ1) is 13.3. The average Bonchev–Trinajstić information content (AvgIpc) is 2.99. The Kier molecular flexibility index (Phi) is 4.15. The number of aryl methyl sites for hydroxylation is 1. The number of aromatic nitrogens is 2. The van der Waals surface area contributed by atoms with Crippen LogP contribution in [0.1, 0.15) is 17.6 Å². The molecule has 0 aliphatic carbocycles. The van der Waals surface area contributed by atoms with E-state index in [1.165, 1.54) is 6.20 Å². The number of thiophene rings is 1. The molecule has 5 nitrogen and oxygen atoms in total. The third-order valence-electron chi connectivity index (χ3n) is 2.47. The minimum absolute atomic E-state index is 0.130. The monoisotopic (exact) mass is 285 g/mol. The standard InChI is InChI=1S/C11H15N3O2S2/c1-2-10-12-8-11(14-10)18(15,16)13-6-5-9-4-3-7-17-9/h3-4,7-8,13H,2,5-6H2,1H3,(H,12,14). The second kappa shape index (κ2) is 5.64. The molecule has 0 aliphatic rings. The van der Waals surface area contributed by atoms with Gasteiger partial charge >= 0.3 is 0 Å². The summed E-state index contributed by atoms with van der Waals surface area (Å²) in [6, 6.07) is 3.95. The minimum Gasteiger partial charge on any atom is -0.332 e. The van der Waals surface area contributed by atoms with Crippen LogP contribution in [0.15, 0.2) is 28.7 Å². The van der Waals surface area contributed by atoms with Crippen molar-refractivity contribution in [1.29, 1.82) is 0 Å². The molecule has 0 fully saturated rings. The van der Waals surface area contributed by atoms with Gasteiger partial charge in [0.1, 0.15) is 5.82 Å². The van der Waals surface area contributed by atoms with Gasteiger partial charge in [-0.15, -0.1) is 11.3 Å². The van der Waals surface area contributed by atoms with E-state index in [9.17, 15) is 8.42 Å². The van der Waals surface area contributed by atoms with Crippen LogP contribution in [0.2, 0.25) is 0 Å². The fourth-order valence-electron chi connectivity index (χ4n) is 1.50. The maximum absolute atomic E-state index is 11.9. The van der Waals surface area contributed by atoms with Crippen LogP contribution in [0.3, 0.4) is 0 Å². The molecule has 98 valence electrons. The molecule has 0 unspecified atom stereocenters. The van der Waals surface area contributed by atoms with Gasteiger partial charge in [0.2, 0.25) is 0 Å². The van der Waals surface area contributed by atoms with Gasteiger partial charge in [0.25, 0.3) is 10.0 Å². The zero-order valence-electron chi connectivity index (χ0n) is 10.0. The summed E-state index contributed by atoms with van der Waals surface area (Å²) in [4.78, 5) is 7.94. The van der Waals surface area contributed by atoms with E-state index in [2.05, 4.69) is 14.7 Å². The van der Waals surface area contributed by atoms with Gasteiger partial charge in [-0.05, 0) is 17.9 Å². The molecule has 2 heterocycles. The highest BCUT2D eigenvalue weighted by Crippen LogP contribution is 2.09. The van der Waals surface area contributed by atoms with Gasteiger partial charge < -0.3 is 4.98 Å². The summed E-state index contributed by atoms with van der Waals surface area (Å²) >= 11 is 1.62. The van der Waals surface area contributed by atoms with E-state index >= 15 is 0 Å². The molecule has 0 aromatic carbocycles. The number of hydrogen-bond donors (Lipinski definition) is 2. The van der Waals surface area contributed by atoms with E-state index in [1.807, 2.05) is 24.4 Å². The van der Waals surface area contributed by atoms with Gasteiger partial charge in [-0.1, -0.05) is 13.0 Å². The predicted molar refractivity (Wildman–Crippen MR) is 71.2 cm³/mol. The Morgan fingerprint density at radius 3 is 2.94 bits per heavy atom. The van der Waals surface area contributed by atoms with Gasteiger partial charge in [0.05, 0.1) is 6.20 Å². The lowest BCUT2D eigenvalue weighted by Gasteiger charge is -2.03. The molecule has 2 aromatic heterocycles. The normalized spacial score (nSPS) is 11.8. The summed E-state index contributed by atoms with van der Waals surface area (Å²) in [5.41, 5.74) is 0. The van der Waals surface area contributed by atoms with Gasteiger partial charge in [0.15, 0.2) is 5.03 Å². The lowest BCUT2D eigenvalue weighted by atomic mass is 10.3. The van der Waals surface area contributed by atoms with Crippen LogP contribution < -0.4 is 4.72 Å². The number of H-pyrrole nitrogens is 1. The number of rotatable bonds is 6. The average molecular weight is 285 g/mol. The Labute approximate surface area is 110 Å². The molecule has 0 spiro atoms. The summed E-state index contributed by atoms with van der Waals surface area (Å²) in [5.74, 6) is 0.675. The van der Waals surface area contributed by atoms with E-state index in [0.717, 1.165) is 4.88 Å². The third kappa shape index (κ3) is 3.18. The van der Waals surface area contributed by atoms with Gasteiger partial charge in [0, 0.05) is 17.8 Å². The van der Waals surface area contributed by atoms with E-state index in [0.29, 0.717) is 25.2 Å². The predicted octanol–water partition coefficient (Wildman–Crippen LogP) is 1.55. The van der Waals surface area contributed by atoms with E-state index in [-0.39, 0.29) is 5.03 Å². The number of nitrogens with zero attached hydrogens (tertiary/aromatic N) is 1. The molecule has 0 saturated heterocycles. The maximum Gasteiger partial charge on any atom is 0.257 e. The summed E-state index contributed by atoms with van der Waals surface area (Å²) in [7, 11) is -3.47. The smallest absolute Gasteiger partial charge is 0.257 e. The van der Waals surface area contributed by atoms with Crippen molar-refractivity contribution in [3.8, 4) is 0 Å². The number of imidazole rings is 1. The molecule has 7 heteroatoms. The highest BCUT2D eigenvalue weighted by Gasteiger charge is 2.16. The molecule has 0 atom stereocenters. The Morgan fingerprint density at radius 2 is 2.33 bits per heavy atom. The topological polar surface area (TPSA) is 74.8 Å². The van der Waals surface area contributed by atoms with Gasteiger partial charge in [-0.3, -0.25) is 0 Å². The van der Waals surface area contributed by atoms with Crippen LogP contribution in [0, 0.1) is 0 Å². The second-order valence-corrected chi connectivity index (χ2v) is 6.54. The SMILES string of the molecule is CCc1ncc(S(=O)(=O)NCCc2cccs2)[nH]1. The molecular formula is C11H15N3O2S2. The summed E-state index contributed by atoms with van der Waals surface area (Å²) in [6.07, 6.45) is 2.74. The first-order chi connectivity index (χ1) is 8.62. The van der Waals surface area contributed by atoms with Crippen molar-refractivity contribution in [2.75, 3.05) is 6.54 Å². The number of sulfonamides is 1. The molecular weight excluding hydrogens is 270 g/mol. The third-order valence-corrected chi connectivity index (χ3v) is 4.78. The van der Waals surface area contributed by atoms with Crippen LogP contribution >= 0.6 is 11.3 Å². The molecule has 0 radical (unpaired) electrons. The minimum atomic E-state index is -3.47. The Morgan fingerprint density at radius 1 is 1.50 bits per heavy atom. The fraction of sp³-hybridized carbons (Fsp3) is 0.364. The number of nitrogens with one attached hydrogen (secondary N) is 2. The zero-order chi connectivity index (χ0) is 13.0. The lowest BCUT2D eigenvalue weighted by molar-refractivity contribution is 0.578. The van der Waals surface area contributed by atoms with Crippen molar-refractivity contribution in [1.82, 2.24) is 14.7 Å². The molecule has 2 aromatic rings. The summed E-state index contributed by atoms with van der Waals surface area (Å²) < 4.78 is 26.4. The van der Waals surface area contributed by atoms with Crippen LogP contribution in [0.4, 0.5) is 0 Å². The Bertz CT molecular complexity index is 588. The zero-order valence-corrected chi connectivity index (χ0v) is 11.6. The van der Waals surface area contributed by atoms with E-state index in [4.69, 9.17) is 0 Å². The molecule has 0 bridgehead atoms. The van der Waals surface area contributed by atoms with Crippen LogP contribution in [0.25, 0.3) is 0 Å². The van der Waals surface area contributed by atoms with Gasteiger partial charge in [-0.25, -0.2) is 18.1 Å². The number of hydrogen-bond acceptors (Lipinski definition) is 4. The highest BCUT2D eigenvalue weighted by atomic mass is 32.2. The van der Waals surface area contributed by atoms with Crippen LogP contribution in [-0.2, 0) is 22.9 Å². The number of aromatic amines is 1. The fourth-order valence-corrected chi connectivity index (χ4v) is 3.18. The van der Waals surface area contributed by atoms with Crippen molar-refractivity contribution in [3.05, 3.63) is 34.4 Å². The quantitative estimate of drug-likeness (QED) is 0.845. The first-order valence-electron chi connectivity index (χ1n) is 5.67. The largest absolute Gasteiger partial charge is 0.332 e. The Balaban J connectivity index is 1.95. The van der Waals surface area contributed by atoms with E-state index < -0.39 is 10.0 Å². The Hall–Kier alpha value is -1.18. The molecule has 0 aliphatic heterocycles. The molecule has 2 N–H and O–H groups in total. The van der Waals surface area contributed by atoms with Crippen LogP contribution in [0.5, 0.6) is 0 Å². The summed E-state index contributed by atoms with van der Waals surface area (Å²) in [5, 5.41) is 2.11. The summed E-state index contributed by atoms with van der Waals surface area (Å²) in [6.45, 7) is 2.31. The van der Waals surface area contributed by atoms with Gasteiger partial charge in [-0.2, -0.15) is 0 Å². The van der Waals surface area contributed by atoms with Crippen molar-refractivity contribution in [2.45, 2.75) is 24.8 Å². The first-order valence-corrected chi connectivity index (χ1v) is 8.04. The maximum atomic E-state index is 11.9. The molecule has 0 saturated carbocycles. The van der Waals surface area contributed by atoms with Crippen molar-refractivity contribution < 1.29 is 8.42 Å². The molecule has 18 heavy (non-hydrogen) atoms. The van der Waals surface area contributed by atoms with Crippen molar-refractivity contribution >= 4 is 21.4 Å². The highest BCUT2D eigenvalue weighted by molar-refractivity contribution is 7.89. The van der Waals surface area contributed by atoms with Crippen molar-refractivity contribution in [3.63, 3.8) is 0 Å². The lowest BCUT2D eigenvalue weighted by Crippen LogP contribution is -2.26. The van der Waals surface area contributed by atoms with Crippen molar-refractivity contribution in [2.24, 2.45) is 0 Å². The molecule has 2 rings (SSSR count). The molecule has 0 amide bonds.